The lowest BCUT2D eigenvalue weighted by Crippen LogP contribution is -2.18. The number of hydrogen-bond donors (Lipinski definition) is 0. The number of carbonyl (C=O) groups excluding carboxylic acids is 1. The van der Waals surface area contributed by atoms with Gasteiger partial charge in [-0.25, -0.2) is 4.79 Å². The average molecular weight is 308 g/mol. The monoisotopic (exact) mass is 308 g/mol. The van der Waals surface area contributed by atoms with E-state index >= 15 is 0 Å². The fourth-order valence-corrected chi connectivity index (χ4v) is 2.53. The first kappa shape index (κ1) is 18.7. The summed E-state index contributed by atoms with van der Waals surface area (Å²) in [7, 11) is 3.32. The minimum atomic E-state index is -0.250. The van der Waals surface area contributed by atoms with Crippen LogP contribution in [0.2, 0.25) is 0 Å². The third-order valence-electron chi connectivity index (χ3n) is 3.78. The molecule has 0 aliphatic carbocycles. The summed E-state index contributed by atoms with van der Waals surface area (Å²) in [4.78, 5) is 11.8. The highest BCUT2D eigenvalue weighted by Crippen LogP contribution is 2.20. The van der Waals surface area contributed by atoms with Gasteiger partial charge in [-0.1, -0.05) is 32.0 Å². The molecule has 0 unspecified atom stereocenters. The quantitative estimate of drug-likeness (QED) is 0.485. The highest BCUT2D eigenvalue weighted by atomic mass is 16.7. The predicted octanol–water partition coefficient (Wildman–Crippen LogP) is 3.90. The molecule has 0 N–H and O–H groups in total. The highest BCUT2D eigenvalue weighted by molar-refractivity contribution is 5.89. The van der Waals surface area contributed by atoms with E-state index in [1.54, 1.807) is 26.4 Å². The van der Waals surface area contributed by atoms with Crippen molar-refractivity contribution in [2.24, 2.45) is 11.8 Å². The molecule has 0 saturated carbocycles. The molecule has 22 heavy (non-hydrogen) atoms. The molecule has 0 radical (unpaired) electrons. The molecule has 0 saturated heterocycles. The van der Waals surface area contributed by atoms with Gasteiger partial charge in [-0.15, -0.1) is 0 Å². The van der Waals surface area contributed by atoms with E-state index < -0.39 is 0 Å². The van der Waals surface area contributed by atoms with Crippen molar-refractivity contribution in [3.8, 4) is 0 Å². The minimum Gasteiger partial charge on any atom is -0.462 e. The van der Waals surface area contributed by atoms with E-state index in [0.29, 0.717) is 24.0 Å². The zero-order valence-corrected chi connectivity index (χ0v) is 14.1. The molecule has 0 bridgehead atoms. The molecule has 1 aromatic carbocycles. The van der Waals surface area contributed by atoms with Gasteiger partial charge in [0.1, 0.15) is 0 Å². The first-order valence-electron chi connectivity index (χ1n) is 7.84. The van der Waals surface area contributed by atoms with Crippen LogP contribution in [0.15, 0.2) is 30.3 Å². The van der Waals surface area contributed by atoms with Gasteiger partial charge in [0, 0.05) is 20.6 Å². The second kappa shape index (κ2) is 10.4. The van der Waals surface area contributed by atoms with Crippen LogP contribution in [0.3, 0.4) is 0 Å². The van der Waals surface area contributed by atoms with Gasteiger partial charge in [0.05, 0.1) is 12.2 Å². The average Bonchev–Trinajstić information content (AvgIpc) is 2.53. The number of methoxy groups -OCH3 is 2. The Morgan fingerprint density at radius 1 is 1.00 bits per heavy atom. The summed E-state index contributed by atoms with van der Waals surface area (Å²) in [5, 5.41) is 0. The molecule has 4 nitrogen and oxygen atoms in total. The molecule has 2 atom stereocenters. The van der Waals surface area contributed by atoms with Crippen LogP contribution < -0.4 is 0 Å². The normalized spacial score (nSPS) is 13.9. The molecule has 0 spiro atoms. The first-order chi connectivity index (χ1) is 10.6. The largest absolute Gasteiger partial charge is 0.462 e. The zero-order valence-electron chi connectivity index (χ0n) is 14.1. The van der Waals surface area contributed by atoms with Crippen molar-refractivity contribution in [2.45, 2.75) is 39.4 Å². The Hall–Kier alpha value is -1.39. The summed E-state index contributed by atoms with van der Waals surface area (Å²) in [5.41, 5.74) is 0.603. The minimum absolute atomic E-state index is 0.141. The molecule has 1 rings (SSSR count). The van der Waals surface area contributed by atoms with E-state index in [0.717, 1.165) is 19.3 Å². The molecule has 0 aromatic heterocycles. The van der Waals surface area contributed by atoms with Crippen LogP contribution in [0, 0.1) is 11.8 Å². The molecule has 0 aliphatic rings. The lowest BCUT2D eigenvalue weighted by molar-refractivity contribution is -0.114. The molecule has 0 aliphatic heterocycles. The van der Waals surface area contributed by atoms with Gasteiger partial charge in [-0.05, 0) is 36.8 Å². The van der Waals surface area contributed by atoms with E-state index in [9.17, 15) is 4.79 Å². The van der Waals surface area contributed by atoms with E-state index in [-0.39, 0.29) is 12.3 Å². The van der Waals surface area contributed by atoms with Crippen molar-refractivity contribution >= 4 is 5.97 Å². The highest BCUT2D eigenvalue weighted by Gasteiger charge is 2.15. The number of benzene rings is 1. The summed E-state index contributed by atoms with van der Waals surface area (Å²) >= 11 is 0. The zero-order chi connectivity index (χ0) is 16.4. The standard InChI is InChI=1S/C18H28O4/c1-14(12-15(2)13-17(20-3)21-4)10-11-22-18(19)16-8-6-5-7-9-16/h5-9,14-15,17H,10-13H2,1-4H3/t14-,15+/m1/s1. The summed E-state index contributed by atoms with van der Waals surface area (Å²) in [6, 6.07) is 9.09. The first-order valence-corrected chi connectivity index (χ1v) is 7.84. The van der Waals surface area contributed by atoms with E-state index in [1.165, 1.54) is 0 Å². The smallest absolute Gasteiger partial charge is 0.338 e. The van der Waals surface area contributed by atoms with Crippen LogP contribution >= 0.6 is 0 Å². The van der Waals surface area contributed by atoms with Crippen molar-refractivity contribution in [1.82, 2.24) is 0 Å². The SMILES string of the molecule is COC(C[C@@H](C)C[C@H](C)CCOC(=O)c1ccccc1)OC. The molecular formula is C18H28O4. The summed E-state index contributed by atoms with van der Waals surface area (Å²) < 4.78 is 15.8. The summed E-state index contributed by atoms with van der Waals surface area (Å²) in [6.07, 6.45) is 2.67. The van der Waals surface area contributed by atoms with Crippen LogP contribution in [0.1, 0.15) is 43.5 Å². The number of ether oxygens (including phenoxy) is 3. The van der Waals surface area contributed by atoms with Crippen molar-refractivity contribution in [3.05, 3.63) is 35.9 Å². The second-order valence-electron chi connectivity index (χ2n) is 5.87. The Balaban J connectivity index is 2.23. The lowest BCUT2D eigenvalue weighted by atomic mass is 9.92. The van der Waals surface area contributed by atoms with Crippen LogP contribution in [-0.4, -0.2) is 33.1 Å². The van der Waals surface area contributed by atoms with Crippen LogP contribution in [0.25, 0.3) is 0 Å². The van der Waals surface area contributed by atoms with Crippen molar-refractivity contribution < 1.29 is 19.0 Å². The van der Waals surface area contributed by atoms with Crippen LogP contribution in [0.4, 0.5) is 0 Å². The Labute approximate surface area is 133 Å². The summed E-state index contributed by atoms with van der Waals surface area (Å²) in [5.74, 6) is 0.748. The predicted molar refractivity (Wildman–Crippen MR) is 86.7 cm³/mol. The fraction of sp³-hybridized carbons (Fsp3) is 0.611. The van der Waals surface area contributed by atoms with Gasteiger partial charge in [0.25, 0.3) is 0 Å². The van der Waals surface area contributed by atoms with Gasteiger partial charge in [-0.2, -0.15) is 0 Å². The Bertz CT molecular complexity index is 414. The third-order valence-corrected chi connectivity index (χ3v) is 3.78. The fourth-order valence-electron chi connectivity index (χ4n) is 2.53. The van der Waals surface area contributed by atoms with Gasteiger partial charge < -0.3 is 14.2 Å². The maximum absolute atomic E-state index is 11.8. The maximum atomic E-state index is 11.8. The molecule has 0 amide bonds. The molecule has 1 aromatic rings. The maximum Gasteiger partial charge on any atom is 0.338 e. The number of carbonyl (C=O) groups is 1. The topological polar surface area (TPSA) is 44.8 Å². The van der Waals surface area contributed by atoms with Crippen molar-refractivity contribution in [1.29, 1.82) is 0 Å². The number of hydrogen-bond acceptors (Lipinski definition) is 4. The second-order valence-corrected chi connectivity index (χ2v) is 5.87. The lowest BCUT2D eigenvalue weighted by Gasteiger charge is -2.21. The van der Waals surface area contributed by atoms with Crippen molar-refractivity contribution in [3.63, 3.8) is 0 Å². The van der Waals surface area contributed by atoms with Crippen molar-refractivity contribution in [2.75, 3.05) is 20.8 Å². The Morgan fingerprint density at radius 3 is 2.23 bits per heavy atom. The molecule has 0 fully saturated rings. The number of esters is 1. The third kappa shape index (κ3) is 7.05. The Morgan fingerprint density at radius 2 is 1.64 bits per heavy atom. The van der Waals surface area contributed by atoms with Gasteiger partial charge in [0.15, 0.2) is 6.29 Å². The van der Waals surface area contributed by atoms with Crippen LogP contribution in [0.5, 0.6) is 0 Å². The molecular weight excluding hydrogens is 280 g/mol. The molecule has 124 valence electrons. The van der Waals surface area contributed by atoms with Gasteiger partial charge in [0.2, 0.25) is 0 Å². The van der Waals surface area contributed by atoms with Gasteiger partial charge >= 0.3 is 5.97 Å². The number of rotatable bonds is 10. The summed E-state index contributed by atoms with van der Waals surface area (Å²) in [6.45, 7) is 4.83. The van der Waals surface area contributed by atoms with E-state index in [1.807, 2.05) is 18.2 Å². The van der Waals surface area contributed by atoms with Gasteiger partial charge in [-0.3, -0.25) is 0 Å². The molecule has 0 heterocycles. The van der Waals surface area contributed by atoms with E-state index in [2.05, 4.69) is 13.8 Å². The van der Waals surface area contributed by atoms with Crippen LogP contribution in [-0.2, 0) is 14.2 Å². The van der Waals surface area contributed by atoms with E-state index in [4.69, 9.17) is 14.2 Å². The Kier molecular flexibility index (Phi) is 8.78. The molecule has 4 heteroatoms.